The molecule has 0 aliphatic heterocycles. The predicted octanol–water partition coefficient (Wildman–Crippen LogP) is 1.74. The van der Waals surface area contributed by atoms with Crippen LogP contribution in [0.25, 0.3) is 5.76 Å². The number of carbonyl (C=O) groups excluding carboxylic acids is 1. The summed E-state index contributed by atoms with van der Waals surface area (Å²) in [6.07, 6.45) is 2.38. The Kier molecular flexibility index (Phi) is 3.14. The van der Waals surface area contributed by atoms with Gasteiger partial charge in [0.2, 0.25) is 0 Å². The van der Waals surface area contributed by atoms with E-state index < -0.39 is 5.97 Å². The summed E-state index contributed by atoms with van der Waals surface area (Å²) in [6, 6.07) is 3.16. The van der Waals surface area contributed by atoms with Crippen LogP contribution in [0.4, 0.5) is 0 Å². The number of aliphatic hydroxyl groups excluding tert-OH is 1. The number of hydrogen-bond donors (Lipinski definition) is 1. The highest BCUT2D eigenvalue weighted by molar-refractivity contribution is 5.88. The summed E-state index contributed by atoms with van der Waals surface area (Å²) in [4.78, 5) is 10.8. The summed E-state index contributed by atoms with van der Waals surface area (Å²) in [6.45, 7) is 1.97. The largest absolute Gasteiger partial charge is 0.504 e. The van der Waals surface area contributed by atoms with Crippen molar-refractivity contribution in [2.24, 2.45) is 0 Å². The smallest absolute Gasteiger partial charge is 0.334 e. The zero-order chi connectivity index (χ0) is 9.68. The second-order valence-electron chi connectivity index (χ2n) is 2.26. The molecular formula is C9H10O4. The summed E-state index contributed by atoms with van der Waals surface area (Å²) >= 11 is 0. The first-order valence-corrected chi connectivity index (χ1v) is 3.85. The molecule has 70 valence electrons. The molecule has 0 saturated heterocycles. The molecule has 4 heteroatoms. The SMILES string of the molecule is CCOC(=O)/C=C(\O)c1ccco1. The molecular weight excluding hydrogens is 172 g/mol. The van der Waals surface area contributed by atoms with Gasteiger partial charge in [-0.2, -0.15) is 0 Å². The lowest BCUT2D eigenvalue weighted by Gasteiger charge is -1.96. The van der Waals surface area contributed by atoms with E-state index in [1.807, 2.05) is 0 Å². The van der Waals surface area contributed by atoms with Gasteiger partial charge in [-0.15, -0.1) is 0 Å². The Morgan fingerprint density at radius 3 is 3.08 bits per heavy atom. The van der Waals surface area contributed by atoms with Crippen LogP contribution in [0.3, 0.4) is 0 Å². The molecule has 1 heterocycles. The third kappa shape index (κ3) is 2.66. The van der Waals surface area contributed by atoms with Crippen LogP contribution >= 0.6 is 0 Å². The van der Waals surface area contributed by atoms with Crippen molar-refractivity contribution < 1.29 is 19.1 Å². The zero-order valence-corrected chi connectivity index (χ0v) is 7.19. The van der Waals surface area contributed by atoms with Crippen LogP contribution in [0.15, 0.2) is 28.9 Å². The van der Waals surface area contributed by atoms with Crippen molar-refractivity contribution >= 4 is 11.7 Å². The number of hydrogen-bond acceptors (Lipinski definition) is 4. The Morgan fingerprint density at radius 1 is 1.77 bits per heavy atom. The van der Waals surface area contributed by atoms with Crippen LogP contribution < -0.4 is 0 Å². The van der Waals surface area contributed by atoms with Gasteiger partial charge in [-0.25, -0.2) is 4.79 Å². The fraction of sp³-hybridized carbons (Fsp3) is 0.222. The van der Waals surface area contributed by atoms with Gasteiger partial charge in [0, 0.05) is 0 Å². The molecule has 0 unspecified atom stereocenters. The van der Waals surface area contributed by atoms with E-state index in [9.17, 15) is 9.90 Å². The lowest BCUT2D eigenvalue weighted by atomic mass is 10.3. The highest BCUT2D eigenvalue weighted by Crippen LogP contribution is 2.10. The number of aliphatic hydroxyl groups is 1. The number of rotatable bonds is 3. The average molecular weight is 182 g/mol. The minimum Gasteiger partial charge on any atom is -0.504 e. The molecule has 0 radical (unpaired) electrons. The molecule has 4 nitrogen and oxygen atoms in total. The summed E-state index contributed by atoms with van der Waals surface area (Å²) in [7, 11) is 0. The number of ether oxygens (including phenoxy) is 1. The van der Waals surface area contributed by atoms with E-state index in [1.165, 1.54) is 6.26 Å². The molecule has 13 heavy (non-hydrogen) atoms. The van der Waals surface area contributed by atoms with Crippen LogP contribution in [0.1, 0.15) is 12.7 Å². The van der Waals surface area contributed by atoms with Gasteiger partial charge in [-0.1, -0.05) is 0 Å². The van der Waals surface area contributed by atoms with Crippen LogP contribution in [0.5, 0.6) is 0 Å². The lowest BCUT2D eigenvalue weighted by Crippen LogP contribution is -2.00. The minimum atomic E-state index is -0.587. The van der Waals surface area contributed by atoms with Crippen LogP contribution in [0, 0.1) is 0 Å². The van der Waals surface area contributed by atoms with E-state index in [4.69, 9.17) is 4.42 Å². The van der Waals surface area contributed by atoms with E-state index in [2.05, 4.69) is 4.74 Å². The zero-order valence-electron chi connectivity index (χ0n) is 7.19. The molecule has 0 bridgehead atoms. The van der Waals surface area contributed by atoms with E-state index in [-0.39, 0.29) is 18.1 Å². The fourth-order valence-corrected chi connectivity index (χ4v) is 0.791. The standard InChI is InChI=1S/C9H10O4/c1-2-12-9(11)6-7(10)8-4-3-5-13-8/h3-6,10H,2H2,1H3/b7-6-. The van der Waals surface area contributed by atoms with Crippen molar-refractivity contribution in [2.45, 2.75) is 6.92 Å². The van der Waals surface area contributed by atoms with E-state index in [0.29, 0.717) is 0 Å². The highest BCUT2D eigenvalue weighted by Gasteiger charge is 2.05. The van der Waals surface area contributed by atoms with Crippen molar-refractivity contribution in [2.75, 3.05) is 6.61 Å². The Labute approximate surface area is 75.4 Å². The number of carbonyl (C=O) groups is 1. The predicted molar refractivity (Wildman–Crippen MR) is 45.9 cm³/mol. The third-order valence-corrected chi connectivity index (χ3v) is 1.31. The Bertz CT molecular complexity index is 297. The lowest BCUT2D eigenvalue weighted by molar-refractivity contribution is -0.137. The number of furan rings is 1. The van der Waals surface area contributed by atoms with Crippen LogP contribution in [-0.2, 0) is 9.53 Å². The van der Waals surface area contributed by atoms with Gasteiger partial charge < -0.3 is 14.3 Å². The van der Waals surface area contributed by atoms with Gasteiger partial charge >= 0.3 is 5.97 Å². The van der Waals surface area contributed by atoms with Crippen LogP contribution in [-0.4, -0.2) is 17.7 Å². The highest BCUT2D eigenvalue weighted by atomic mass is 16.5. The first kappa shape index (κ1) is 9.38. The molecule has 0 spiro atoms. The molecule has 0 aliphatic rings. The second kappa shape index (κ2) is 4.35. The molecule has 0 atom stereocenters. The van der Waals surface area contributed by atoms with Gasteiger partial charge in [0.15, 0.2) is 11.5 Å². The van der Waals surface area contributed by atoms with Gasteiger partial charge in [0.25, 0.3) is 0 Å². The molecule has 0 saturated carbocycles. The maximum Gasteiger partial charge on any atom is 0.334 e. The van der Waals surface area contributed by atoms with Crippen molar-refractivity contribution in [1.29, 1.82) is 0 Å². The van der Waals surface area contributed by atoms with Crippen molar-refractivity contribution in [1.82, 2.24) is 0 Å². The maximum atomic E-state index is 10.8. The van der Waals surface area contributed by atoms with E-state index in [0.717, 1.165) is 6.08 Å². The molecule has 1 rings (SSSR count). The molecule has 0 aliphatic carbocycles. The normalized spacial score (nSPS) is 11.3. The molecule has 0 fully saturated rings. The van der Waals surface area contributed by atoms with Gasteiger partial charge in [-0.05, 0) is 19.1 Å². The van der Waals surface area contributed by atoms with Crippen molar-refractivity contribution in [3.8, 4) is 0 Å². The number of esters is 1. The van der Waals surface area contributed by atoms with Gasteiger partial charge in [0.1, 0.15) is 0 Å². The first-order chi connectivity index (χ1) is 6.24. The second-order valence-corrected chi connectivity index (χ2v) is 2.26. The van der Waals surface area contributed by atoms with Crippen molar-refractivity contribution in [3.05, 3.63) is 30.2 Å². The van der Waals surface area contributed by atoms with E-state index in [1.54, 1.807) is 19.1 Å². The quantitative estimate of drug-likeness (QED) is 0.439. The molecule has 1 N–H and O–H groups in total. The Hall–Kier alpha value is -1.71. The monoisotopic (exact) mass is 182 g/mol. The van der Waals surface area contributed by atoms with Gasteiger partial charge in [-0.3, -0.25) is 0 Å². The van der Waals surface area contributed by atoms with Crippen molar-refractivity contribution in [3.63, 3.8) is 0 Å². The molecule has 1 aromatic rings. The maximum absolute atomic E-state index is 10.8. The Balaban J connectivity index is 2.67. The van der Waals surface area contributed by atoms with Gasteiger partial charge in [0.05, 0.1) is 18.9 Å². The average Bonchev–Trinajstić information content (AvgIpc) is 2.55. The molecule has 0 amide bonds. The minimum absolute atomic E-state index is 0.233. The molecule has 0 aromatic carbocycles. The third-order valence-electron chi connectivity index (χ3n) is 1.31. The topological polar surface area (TPSA) is 59.7 Å². The summed E-state index contributed by atoms with van der Waals surface area (Å²) in [5.74, 6) is -0.576. The van der Waals surface area contributed by atoms with Crippen LogP contribution in [0.2, 0.25) is 0 Å². The van der Waals surface area contributed by atoms with E-state index >= 15 is 0 Å². The summed E-state index contributed by atoms with van der Waals surface area (Å²) < 4.78 is 9.44. The summed E-state index contributed by atoms with van der Waals surface area (Å²) in [5, 5.41) is 9.27. The fourth-order valence-electron chi connectivity index (χ4n) is 0.791. The summed E-state index contributed by atoms with van der Waals surface area (Å²) in [5.41, 5.74) is 0. The Morgan fingerprint density at radius 2 is 2.54 bits per heavy atom. The first-order valence-electron chi connectivity index (χ1n) is 3.85. The molecule has 1 aromatic heterocycles.